The van der Waals surface area contributed by atoms with Crippen LogP contribution in [0.4, 0.5) is 4.39 Å². The lowest BCUT2D eigenvalue weighted by atomic mass is 10.0. The number of ketones is 1. The summed E-state index contributed by atoms with van der Waals surface area (Å²) in [5.41, 5.74) is 9.14. The van der Waals surface area contributed by atoms with Crippen molar-refractivity contribution in [3.63, 3.8) is 0 Å². The molecule has 0 unspecified atom stereocenters. The smallest absolute Gasteiger partial charge is 0.248 e. The van der Waals surface area contributed by atoms with E-state index in [2.05, 4.69) is 9.97 Å². The number of methoxy groups -OCH3 is 1. The van der Waals surface area contributed by atoms with Crippen LogP contribution < -0.4 is 10.5 Å². The molecular formula is C34H31FN4O5S. The fourth-order valence-electron chi connectivity index (χ4n) is 4.76. The molecule has 0 aliphatic heterocycles. The summed E-state index contributed by atoms with van der Waals surface area (Å²) in [6.45, 7) is 2.91. The second-order valence-electron chi connectivity index (χ2n) is 10.4. The average molecular weight is 627 g/mol. The molecule has 0 spiro atoms. The number of ether oxygens (including phenoxy) is 2. The van der Waals surface area contributed by atoms with Gasteiger partial charge in [0, 0.05) is 64.0 Å². The Labute approximate surface area is 263 Å². The maximum absolute atomic E-state index is 15.1. The van der Waals surface area contributed by atoms with Crippen molar-refractivity contribution in [3.8, 4) is 22.1 Å². The van der Waals surface area contributed by atoms with Gasteiger partial charge in [0.25, 0.3) is 0 Å². The van der Waals surface area contributed by atoms with Gasteiger partial charge in [0.1, 0.15) is 11.5 Å². The first kappa shape index (κ1) is 31.4. The number of pyridine rings is 2. The molecule has 0 saturated carbocycles. The number of hydrogen-bond acceptors (Lipinski definition) is 8. The van der Waals surface area contributed by atoms with E-state index in [-0.39, 0.29) is 30.3 Å². The van der Waals surface area contributed by atoms with Crippen LogP contribution in [-0.4, -0.2) is 52.7 Å². The third-order valence-corrected chi connectivity index (χ3v) is 8.23. The van der Waals surface area contributed by atoms with Gasteiger partial charge in [0.2, 0.25) is 11.8 Å². The van der Waals surface area contributed by atoms with Crippen LogP contribution in [0.25, 0.3) is 20.8 Å². The van der Waals surface area contributed by atoms with Crippen LogP contribution in [0.5, 0.6) is 11.5 Å². The first-order valence-corrected chi connectivity index (χ1v) is 15.0. The summed E-state index contributed by atoms with van der Waals surface area (Å²) in [4.78, 5) is 47.6. The zero-order valence-electron chi connectivity index (χ0n) is 24.8. The number of halogens is 1. The van der Waals surface area contributed by atoms with Gasteiger partial charge in [-0.25, -0.2) is 4.39 Å². The highest BCUT2D eigenvalue weighted by atomic mass is 32.1. The molecule has 5 rings (SSSR count). The van der Waals surface area contributed by atoms with E-state index in [4.69, 9.17) is 15.2 Å². The van der Waals surface area contributed by atoms with Crippen molar-refractivity contribution in [2.75, 3.05) is 20.3 Å². The van der Waals surface area contributed by atoms with Crippen LogP contribution in [0.1, 0.15) is 34.0 Å². The van der Waals surface area contributed by atoms with Crippen LogP contribution in [0.3, 0.4) is 0 Å². The molecule has 3 heterocycles. The van der Waals surface area contributed by atoms with Gasteiger partial charge in [0.15, 0.2) is 11.6 Å². The van der Waals surface area contributed by atoms with Gasteiger partial charge in [-0.3, -0.25) is 24.4 Å². The monoisotopic (exact) mass is 626 g/mol. The van der Waals surface area contributed by atoms with Crippen molar-refractivity contribution < 1.29 is 28.2 Å². The second kappa shape index (κ2) is 14.2. The SMILES string of the molecule is COCCN(Cc1ccc(-c2cc3nccc(Oc4ccc(CC(=O)Cc5cccc(C(N)=O)c5)cc4F)c3s2)nc1)C(C)=O. The summed E-state index contributed by atoms with van der Waals surface area (Å²) in [5.74, 6) is -0.862. The number of Topliss-reactive ketones (excluding diaryl/α,β-unsaturated/α-hetero) is 1. The van der Waals surface area contributed by atoms with Crippen LogP contribution in [0.15, 0.2) is 79.1 Å². The molecular weight excluding hydrogens is 595 g/mol. The van der Waals surface area contributed by atoms with Gasteiger partial charge in [-0.2, -0.15) is 0 Å². The number of primary amides is 1. The molecule has 9 nitrogen and oxygen atoms in total. The van der Waals surface area contributed by atoms with E-state index in [1.54, 1.807) is 60.8 Å². The average Bonchev–Trinajstić information content (AvgIpc) is 3.46. The third-order valence-electron chi connectivity index (χ3n) is 7.07. The molecule has 0 aliphatic carbocycles. The van der Waals surface area contributed by atoms with Crippen LogP contribution in [0.2, 0.25) is 0 Å². The highest BCUT2D eigenvalue weighted by Gasteiger charge is 2.16. The molecule has 2 aromatic carbocycles. The predicted octanol–water partition coefficient (Wildman–Crippen LogP) is 5.74. The standard InChI is InChI=1S/C34H31FN4O5S/c1-21(40)39(12-13-43-2)20-24-6-8-28(38-19-24)32-18-29-33(45-32)31(10-11-37-29)44-30-9-7-23(17-27(30)35)16-26(41)15-22-4-3-5-25(14-22)34(36)42/h3-11,14,17-19H,12-13,15-16,20H2,1-2H3,(H2,36,42). The fourth-order valence-corrected chi connectivity index (χ4v) is 5.81. The van der Waals surface area contributed by atoms with Crippen molar-refractivity contribution in [1.82, 2.24) is 14.9 Å². The van der Waals surface area contributed by atoms with Crippen molar-refractivity contribution in [2.24, 2.45) is 5.73 Å². The van der Waals surface area contributed by atoms with E-state index in [0.717, 1.165) is 20.8 Å². The van der Waals surface area contributed by atoms with Gasteiger partial charge in [-0.1, -0.05) is 24.3 Å². The summed E-state index contributed by atoms with van der Waals surface area (Å²) in [5, 5.41) is 0. The molecule has 0 atom stereocenters. The first-order valence-electron chi connectivity index (χ1n) is 14.1. The summed E-state index contributed by atoms with van der Waals surface area (Å²) < 4.78 is 26.9. The Balaban J connectivity index is 1.27. The van der Waals surface area contributed by atoms with Crippen molar-refractivity contribution in [2.45, 2.75) is 26.3 Å². The van der Waals surface area contributed by atoms with Gasteiger partial charge >= 0.3 is 0 Å². The topological polar surface area (TPSA) is 125 Å². The highest BCUT2D eigenvalue weighted by molar-refractivity contribution is 7.22. The van der Waals surface area contributed by atoms with E-state index in [1.807, 2.05) is 18.2 Å². The number of amides is 2. The van der Waals surface area contributed by atoms with E-state index in [1.165, 1.54) is 30.4 Å². The molecule has 2 N–H and O–H groups in total. The maximum Gasteiger partial charge on any atom is 0.248 e. The maximum atomic E-state index is 15.1. The summed E-state index contributed by atoms with van der Waals surface area (Å²) in [7, 11) is 1.60. The minimum atomic E-state index is -0.597. The molecule has 5 aromatic rings. The largest absolute Gasteiger partial charge is 0.453 e. The second-order valence-corrected chi connectivity index (χ2v) is 11.5. The molecule has 0 saturated heterocycles. The Morgan fingerprint density at radius 1 is 0.933 bits per heavy atom. The molecule has 0 bridgehead atoms. The molecule has 2 amide bonds. The van der Waals surface area contributed by atoms with Gasteiger partial charge in [-0.15, -0.1) is 11.3 Å². The Hall–Kier alpha value is -5.00. The number of benzene rings is 2. The number of nitrogens with zero attached hydrogens (tertiary/aromatic N) is 3. The normalized spacial score (nSPS) is 11.0. The van der Waals surface area contributed by atoms with Crippen molar-refractivity contribution in [3.05, 3.63) is 107 Å². The van der Waals surface area contributed by atoms with E-state index >= 15 is 4.39 Å². The lowest BCUT2D eigenvalue weighted by Gasteiger charge is -2.20. The molecule has 3 aromatic heterocycles. The molecule has 230 valence electrons. The molecule has 0 fully saturated rings. The summed E-state index contributed by atoms with van der Waals surface area (Å²) >= 11 is 1.43. The van der Waals surface area contributed by atoms with Crippen molar-refractivity contribution >= 4 is 39.2 Å². The minimum Gasteiger partial charge on any atom is -0.453 e. The fraction of sp³-hybridized carbons (Fsp3) is 0.206. The minimum absolute atomic E-state index is 0.0220. The zero-order valence-corrected chi connectivity index (χ0v) is 25.6. The van der Waals surface area contributed by atoms with Crippen LogP contribution in [-0.2, 0) is 33.7 Å². The Bertz CT molecular complexity index is 1860. The molecule has 45 heavy (non-hydrogen) atoms. The Morgan fingerprint density at radius 3 is 2.40 bits per heavy atom. The quantitative estimate of drug-likeness (QED) is 0.177. The number of fused-ring (bicyclic) bond motifs is 1. The molecule has 0 radical (unpaired) electrons. The number of thiophene rings is 1. The van der Waals surface area contributed by atoms with Crippen LogP contribution in [0, 0.1) is 5.82 Å². The number of hydrogen-bond donors (Lipinski definition) is 1. The molecule has 0 aliphatic rings. The number of carbonyl (C=O) groups is 3. The van der Waals surface area contributed by atoms with Gasteiger partial charge in [-0.05, 0) is 53.1 Å². The third kappa shape index (κ3) is 7.94. The molecule has 11 heteroatoms. The first-order chi connectivity index (χ1) is 21.7. The highest BCUT2D eigenvalue weighted by Crippen LogP contribution is 2.39. The van der Waals surface area contributed by atoms with E-state index in [9.17, 15) is 14.4 Å². The van der Waals surface area contributed by atoms with Gasteiger partial charge < -0.3 is 20.1 Å². The number of nitrogens with two attached hydrogens (primary N) is 1. The summed E-state index contributed by atoms with van der Waals surface area (Å²) in [6.07, 6.45) is 3.46. The predicted molar refractivity (Wildman–Crippen MR) is 170 cm³/mol. The number of rotatable bonds is 13. The summed E-state index contributed by atoms with van der Waals surface area (Å²) in [6, 6.07) is 18.4. The number of aromatic nitrogens is 2. The van der Waals surface area contributed by atoms with E-state index in [0.29, 0.717) is 47.7 Å². The van der Waals surface area contributed by atoms with Crippen LogP contribution >= 0.6 is 11.3 Å². The van der Waals surface area contributed by atoms with E-state index < -0.39 is 11.7 Å². The zero-order chi connectivity index (χ0) is 31.9. The lowest BCUT2D eigenvalue weighted by Crippen LogP contribution is -2.31. The number of carbonyl (C=O) groups excluding carboxylic acids is 3. The lowest BCUT2D eigenvalue weighted by molar-refractivity contribution is -0.130. The van der Waals surface area contributed by atoms with Gasteiger partial charge in [0.05, 0.1) is 27.4 Å². The Morgan fingerprint density at radius 2 is 1.71 bits per heavy atom. The Kier molecular flexibility index (Phi) is 9.91. The van der Waals surface area contributed by atoms with Crippen molar-refractivity contribution in [1.29, 1.82) is 0 Å².